The van der Waals surface area contributed by atoms with Crippen molar-refractivity contribution in [2.24, 2.45) is 11.3 Å². The van der Waals surface area contributed by atoms with E-state index in [1.54, 1.807) is 0 Å². The monoisotopic (exact) mass is 300 g/mol. The van der Waals surface area contributed by atoms with Crippen LogP contribution in [0.1, 0.15) is 60.3 Å². The van der Waals surface area contributed by atoms with E-state index in [4.69, 9.17) is 5.11 Å². The molecule has 0 aromatic rings. The Hall–Kier alpha value is -1.10. The van der Waals surface area contributed by atoms with E-state index in [0.29, 0.717) is 25.4 Å². The summed E-state index contributed by atoms with van der Waals surface area (Å²) in [6.07, 6.45) is 2.68. The molecule has 0 aromatic heterocycles. The van der Waals surface area contributed by atoms with Crippen LogP contribution in [-0.4, -0.2) is 36.1 Å². The first-order valence-corrected chi connectivity index (χ1v) is 7.87. The molecule has 0 radical (unpaired) electrons. The smallest absolute Gasteiger partial charge is 0.303 e. The number of aliphatic carboxylic acids is 1. The van der Waals surface area contributed by atoms with Crippen molar-refractivity contribution in [3.05, 3.63) is 0 Å². The third-order valence-electron chi connectivity index (χ3n) is 3.68. The van der Waals surface area contributed by atoms with Gasteiger partial charge in [-0.2, -0.15) is 0 Å². The first kappa shape index (κ1) is 19.9. The van der Waals surface area contributed by atoms with Crippen molar-refractivity contribution in [1.29, 1.82) is 0 Å². The van der Waals surface area contributed by atoms with E-state index >= 15 is 0 Å². The highest BCUT2D eigenvalue weighted by atomic mass is 16.4. The number of rotatable bonds is 11. The van der Waals surface area contributed by atoms with Crippen molar-refractivity contribution < 1.29 is 14.7 Å². The molecule has 0 aromatic carbocycles. The standard InChI is InChI=1S/C16H32N2O3/c1-12(2)7-10-18-15(21)13(3)17-11-9-16(4,5)8-6-14(19)20/h12-13,17H,6-11H2,1-5H3,(H,18,21)(H,19,20). The summed E-state index contributed by atoms with van der Waals surface area (Å²) >= 11 is 0. The molecular formula is C16H32N2O3. The van der Waals surface area contributed by atoms with Gasteiger partial charge in [0.25, 0.3) is 0 Å². The summed E-state index contributed by atoms with van der Waals surface area (Å²) in [7, 11) is 0. The number of carbonyl (C=O) groups excluding carboxylic acids is 1. The van der Waals surface area contributed by atoms with Gasteiger partial charge >= 0.3 is 5.97 Å². The Morgan fingerprint density at radius 2 is 1.71 bits per heavy atom. The molecule has 1 unspecified atom stereocenters. The van der Waals surface area contributed by atoms with Crippen LogP contribution >= 0.6 is 0 Å². The Morgan fingerprint density at radius 3 is 2.24 bits per heavy atom. The Morgan fingerprint density at radius 1 is 1.10 bits per heavy atom. The summed E-state index contributed by atoms with van der Waals surface area (Å²) in [4.78, 5) is 22.4. The van der Waals surface area contributed by atoms with Gasteiger partial charge < -0.3 is 15.7 Å². The number of carbonyl (C=O) groups is 2. The lowest BCUT2D eigenvalue weighted by Crippen LogP contribution is -2.43. The van der Waals surface area contributed by atoms with Crippen LogP contribution in [0.5, 0.6) is 0 Å². The van der Waals surface area contributed by atoms with E-state index in [9.17, 15) is 9.59 Å². The van der Waals surface area contributed by atoms with Gasteiger partial charge in [-0.15, -0.1) is 0 Å². The van der Waals surface area contributed by atoms with Gasteiger partial charge in [-0.1, -0.05) is 27.7 Å². The summed E-state index contributed by atoms with van der Waals surface area (Å²) in [6, 6.07) is -0.215. The van der Waals surface area contributed by atoms with Crippen LogP contribution < -0.4 is 10.6 Å². The van der Waals surface area contributed by atoms with Crippen molar-refractivity contribution in [2.45, 2.75) is 66.3 Å². The Kier molecular flexibility index (Phi) is 9.26. The quantitative estimate of drug-likeness (QED) is 0.547. The van der Waals surface area contributed by atoms with Crippen molar-refractivity contribution in [2.75, 3.05) is 13.1 Å². The van der Waals surface area contributed by atoms with Crippen LogP contribution in [-0.2, 0) is 9.59 Å². The lowest BCUT2D eigenvalue weighted by molar-refractivity contribution is -0.137. The number of amides is 1. The van der Waals surface area contributed by atoms with Crippen molar-refractivity contribution in [1.82, 2.24) is 10.6 Å². The first-order valence-electron chi connectivity index (χ1n) is 7.87. The van der Waals surface area contributed by atoms with E-state index in [0.717, 1.165) is 12.8 Å². The second kappa shape index (κ2) is 9.77. The molecule has 124 valence electrons. The van der Waals surface area contributed by atoms with E-state index in [1.807, 2.05) is 6.92 Å². The molecule has 0 fully saturated rings. The molecule has 1 atom stereocenters. The minimum Gasteiger partial charge on any atom is -0.481 e. The maximum atomic E-state index is 11.8. The molecule has 21 heavy (non-hydrogen) atoms. The Labute approximate surface area is 128 Å². The zero-order valence-corrected chi connectivity index (χ0v) is 14.2. The number of hydrogen-bond donors (Lipinski definition) is 3. The number of carboxylic acids is 1. The summed E-state index contributed by atoms with van der Waals surface area (Å²) in [5, 5.41) is 14.8. The number of nitrogens with one attached hydrogen (secondary N) is 2. The van der Waals surface area contributed by atoms with Gasteiger partial charge in [-0.05, 0) is 44.1 Å². The van der Waals surface area contributed by atoms with Gasteiger partial charge in [0, 0.05) is 13.0 Å². The number of carboxylic acid groups (broad SMARTS) is 1. The molecule has 0 spiro atoms. The van der Waals surface area contributed by atoms with Crippen molar-refractivity contribution >= 4 is 11.9 Å². The molecule has 3 N–H and O–H groups in total. The van der Waals surface area contributed by atoms with Gasteiger partial charge in [-0.25, -0.2) is 0 Å². The Balaban J connectivity index is 3.88. The fraction of sp³-hybridized carbons (Fsp3) is 0.875. The van der Waals surface area contributed by atoms with Crippen LogP contribution in [0.25, 0.3) is 0 Å². The molecule has 0 aliphatic carbocycles. The normalized spacial score (nSPS) is 13.2. The molecule has 5 nitrogen and oxygen atoms in total. The molecule has 0 heterocycles. The maximum absolute atomic E-state index is 11.8. The van der Waals surface area contributed by atoms with Gasteiger partial charge in [0.1, 0.15) is 0 Å². The van der Waals surface area contributed by atoms with Crippen molar-refractivity contribution in [3.8, 4) is 0 Å². The SMILES string of the molecule is CC(C)CCNC(=O)C(C)NCCC(C)(C)CCC(=O)O. The summed E-state index contributed by atoms with van der Waals surface area (Å²) in [5.74, 6) is -0.142. The predicted molar refractivity (Wildman–Crippen MR) is 85.2 cm³/mol. The van der Waals surface area contributed by atoms with Gasteiger partial charge in [0.2, 0.25) is 5.91 Å². The van der Waals surface area contributed by atoms with Crippen LogP contribution in [0.15, 0.2) is 0 Å². The van der Waals surface area contributed by atoms with E-state index < -0.39 is 5.97 Å². The molecule has 5 heteroatoms. The lowest BCUT2D eigenvalue weighted by atomic mass is 9.84. The topological polar surface area (TPSA) is 78.4 Å². The van der Waals surface area contributed by atoms with E-state index in [2.05, 4.69) is 38.3 Å². The fourth-order valence-electron chi connectivity index (χ4n) is 1.93. The van der Waals surface area contributed by atoms with Gasteiger partial charge in [0.15, 0.2) is 0 Å². The summed E-state index contributed by atoms with van der Waals surface area (Å²) < 4.78 is 0. The molecular weight excluding hydrogens is 268 g/mol. The average molecular weight is 300 g/mol. The molecule has 0 aliphatic rings. The second-order valence-electron chi connectivity index (χ2n) is 6.96. The minimum absolute atomic E-state index is 0.0268. The molecule has 0 rings (SSSR count). The van der Waals surface area contributed by atoms with Gasteiger partial charge in [0.05, 0.1) is 6.04 Å². The third kappa shape index (κ3) is 11.3. The van der Waals surface area contributed by atoms with Crippen LogP contribution in [0.3, 0.4) is 0 Å². The molecule has 1 amide bonds. The predicted octanol–water partition coefficient (Wildman–Crippen LogP) is 2.41. The highest BCUT2D eigenvalue weighted by Crippen LogP contribution is 2.26. The largest absolute Gasteiger partial charge is 0.481 e. The second-order valence-corrected chi connectivity index (χ2v) is 6.96. The van der Waals surface area contributed by atoms with E-state index in [-0.39, 0.29) is 23.8 Å². The summed E-state index contributed by atoms with van der Waals surface area (Å²) in [5.41, 5.74) is -0.0285. The van der Waals surface area contributed by atoms with Crippen molar-refractivity contribution in [3.63, 3.8) is 0 Å². The highest BCUT2D eigenvalue weighted by Gasteiger charge is 2.20. The van der Waals surface area contributed by atoms with Crippen LogP contribution in [0.4, 0.5) is 0 Å². The zero-order valence-electron chi connectivity index (χ0n) is 14.2. The Bertz CT molecular complexity index is 327. The lowest BCUT2D eigenvalue weighted by Gasteiger charge is -2.25. The van der Waals surface area contributed by atoms with Crippen LogP contribution in [0.2, 0.25) is 0 Å². The molecule has 0 saturated heterocycles. The molecule has 0 saturated carbocycles. The number of hydrogen-bond acceptors (Lipinski definition) is 3. The highest BCUT2D eigenvalue weighted by molar-refractivity contribution is 5.81. The molecule has 0 aliphatic heterocycles. The third-order valence-corrected chi connectivity index (χ3v) is 3.68. The van der Waals surface area contributed by atoms with Crippen LogP contribution in [0, 0.1) is 11.3 Å². The zero-order chi connectivity index (χ0) is 16.5. The average Bonchev–Trinajstić information content (AvgIpc) is 2.35. The summed E-state index contributed by atoms with van der Waals surface area (Å²) in [6.45, 7) is 11.7. The minimum atomic E-state index is -0.756. The molecule has 0 bridgehead atoms. The fourth-order valence-corrected chi connectivity index (χ4v) is 1.93. The van der Waals surface area contributed by atoms with E-state index in [1.165, 1.54) is 0 Å². The van der Waals surface area contributed by atoms with Gasteiger partial charge in [-0.3, -0.25) is 9.59 Å². The maximum Gasteiger partial charge on any atom is 0.303 e. The first-order chi connectivity index (χ1) is 9.64.